The minimum absolute atomic E-state index is 0.115. The van der Waals surface area contributed by atoms with Gasteiger partial charge in [-0.2, -0.15) is 8.78 Å². The van der Waals surface area contributed by atoms with E-state index in [0.29, 0.717) is 5.56 Å². The molecule has 0 spiro atoms. The van der Waals surface area contributed by atoms with Gasteiger partial charge in [0.25, 0.3) is 0 Å². The minimum Gasteiger partial charge on any atom is -0.434 e. The summed E-state index contributed by atoms with van der Waals surface area (Å²) in [4.78, 5) is 0. The van der Waals surface area contributed by atoms with E-state index in [4.69, 9.17) is 0 Å². The Morgan fingerprint density at radius 3 is 2.45 bits per heavy atom. The molecule has 0 aromatic heterocycles. The molecule has 0 saturated heterocycles. The summed E-state index contributed by atoms with van der Waals surface area (Å²) in [6, 6.07) is 9.87. The Bertz CT molecular complexity index is 605. The molecular weight excluding hydrogens is 337 g/mol. The third-order valence-electron chi connectivity index (χ3n) is 2.69. The maximum absolute atomic E-state index is 13.2. The third-order valence-corrected chi connectivity index (χ3v) is 3.30. The molecule has 2 aromatic rings. The summed E-state index contributed by atoms with van der Waals surface area (Å²) in [7, 11) is 0. The van der Waals surface area contributed by atoms with E-state index in [2.05, 4.69) is 20.7 Å². The second-order valence-corrected chi connectivity index (χ2v) is 4.85. The lowest BCUT2D eigenvalue weighted by Gasteiger charge is -2.16. The highest BCUT2D eigenvalue weighted by Crippen LogP contribution is 2.32. The van der Waals surface area contributed by atoms with Crippen molar-refractivity contribution in [2.45, 2.75) is 12.7 Å². The highest BCUT2D eigenvalue weighted by atomic mass is 79.9. The molecule has 0 heterocycles. The number of benzene rings is 2. The number of hydrogen-bond acceptors (Lipinski definition) is 2. The average molecular weight is 347 g/mol. The van der Waals surface area contributed by atoms with Crippen molar-refractivity contribution in [3.05, 3.63) is 63.9 Å². The summed E-state index contributed by atoms with van der Waals surface area (Å²) in [5.41, 5.74) is 0.551. The van der Waals surface area contributed by atoms with E-state index < -0.39 is 18.5 Å². The number of para-hydroxylation sites is 1. The van der Waals surface area contributed by atoms with Gasteiger partial charge in [-0.05, 0) is 39.7 Å². The summed E-state index contributed by atoms with van der Waals surface area (Å²) >= 11 is 3.01. The Kier molecular flexibility index (Phi) is 4.67. The van der Waals surface area contributed by atoms with Crippen LogP contribution in [0.1, 0.15) is 17.2 Å². The lowest BCUT2D eigenvalue weighted by Crippen LogP contribution is -2.08. The lowest BCUT2D eigenvalue weighted by atomic mass is 10.0. The fourth-order valence-corrected chi connectivity index (χ4v) is 2.17. The van der Waals surface area contributed by atoms with Crippen LogP contribution in [0.4, 0.5) is 13.2 Å². The number of halogens is 4. The molecule has 0 amide bonds. The number of aliphatic hydroxyl groups is 1. The van der Waals surface area contributed by atoms with E-state index in [9.17, 15) is 18.3 Å². The van der Waals surface area contributed by atoms with Crippen LogP contribution in [0.3, 0.4) is 0 Å². The highest BCUT2D eigenvalue weighted by Gasteiger charge is 2.18. The third kappa shape index (κ3) is 3.32. The van der Waals surface area contributed by atoms with Crippen LogP contribution >= 0.6 is 15.9 Å². The van der Waals surface area contributed by atoms with Gasteiger partial charge in [-0.1, -0.05) is 24.3 Å². The highest BCUT2D eigenvalue weighted by molar-refractivity contribution is 9.10. The largest absolute Gasteiger partial charge is 0.434 e. The zero-order valence-electron chi connectivity index (χ0n) is 10.1. The van der Waals surface area contributed by atoms with E-state index in [1.54, 1.807) is 6.07 Å². The van der Waals surface area contributed by atoms with E-state index in [-0.39, 0.29) is 15.8 Å². The van der Waals surface area contributed by atoms with Gasteiger partial charge in [-0.3, -0.25) is 0 Å². The minimum atomic E-state index is -2.98. The molecule has 106 valence electrons. The van der Waals surface area contributed by atoms with Crippen molar-refractivity contribution >= 4 is 15.9 Å². The molecule has 0 fully saturated rings. The second kappa shape index (κ2) is 6.28. The van der Waals surface area contributed by atoms with Gasteiger partial charge < -0.3 is 9.84 Å². The van der Waals surface area contributed by atoms with Crippen LogP contribution in [0.5, 0.6) is 5.75 Å². The van der Waals surface area contributed by atoms with Crippen LogP contribution in [0.15, 0.2) is 46.9 Å². The fraction of sp³-hybridized carbons (Fsp3) is 0.143. The second-order valence-electron chi connectivity index (χ2n) is 3.99. The standard InChI is InChI=1S/C14H10BrF3O2/c15-10-7-8(5-6-11(10)16)13(19)9-3-1-2-4-12(9)20-14(17)18/h1-7,13-14,19H. The van der Waals surface area contributed by atoms with Crippen molar-refractivity contribution in [1.29, 1.82) is 0 Å². The molecule has 0 radical (unpaired) electrons. The Labute approximate surface area is 121 Å². The van der Waals surface area contributed by atoms with E-state index >= 15 is 0 Å². The number of ether oxygens (including phenoxy) is 1. The van der Waals surface area contributed by atoms with Crippen molar-refractivity contribution in [2.75, 3.05) is 0 Å². The smallest absolute Gasteiger partial charge is 0.387 e. The summed E-state index contributed by atoms with van der Waals surface area (Å²) in [6.07, 6.45) is -1.19. The Balaban J connectivity index is 2.37. The van der Waals surface area contributed by atoms with Crippen LogP contribution in [-0.4, -0.2) is 11.7 Å². The Hall–Kier alpha value is -1.53. The van der Waals surface area contributed by atoms with Gasteiger partial charge in [-0.25, -0.2) is 4.39 Å². The molecule has 20 heavy (non-hydrogen) atoms. The van der Waals surface area contributed by atoms with Crippen molar-refractivity contribution in [3.8, 4) is 5.75 Å². The zero-order valence-corrected chi connectivity index (χ0v) is 11.6. The first-order valence-corrected chi connectivity index (χ1v) is 6.45. The van der Waals surface area contributed by atoms with Gasteiger partial charge >= 0.3 is 6.61 Å². The fourth-order valence-electron chi connectivity index (χ4n) is 1.77. The molecule has 6 heteroatoms. The molecule has 1 unspecified atom stereocenters. The molecule has 0 bridgehead atoms. The molecule has 0 aliphatic rings. The quantitative estimate of drug-likeness (QED) is 0.895. The summed E-state index contributed by atoms with van der Waals surface area (Å²) in [5, 5.41) is 10.2. The van der Waals surface area contributed by atoms with Gasteiger partial charge in [0.05, 0.1) is 4.47 Å². The normalized spacial score (nSPS) is 12.5. The van der Waals surface area contributed by atoms with Crippen molar-refractivity contribution < 1.29 is 23.0 Å². The SMILES string of the molecule is OC(c1ccc(F)c(Br)c1)c1ccccc1OC(F)F. The maximum Gasteiger partial charge on any atom is 0.387 e. The van der Waals surface area contributed by atoms with E-state index in [0.717, 1.165) is 0 Å². The van der Waals surface area contributed by atoms with Crippen LogP contribution in [-0.2, 0) is 0 Å². The van der Waals surface area contributed by atoms with Gasteiger partial charge in [0, 0.05) is 5.56 Å². The summed E-state index contributed by atoms with van der Waals surface area (Å²) in [5.74, 6) is -0.589. The molecule has 2 aromatic carbocycles. The Morgan fingerprint density at radius 2 is 1.80 bits per heavy atom. The number of hydrogen-bond donors (Lipinski definition) is 1. The summed E-state index contributed by atoms with van der Waals surface area (Å²) in [6.45, 7) is -2.98. The number of alkyl halides is 2. The molecule has 0 aliphatic heterocycles. The van der Waals surface area contributed by atoms with Crippen LogP contribution in [0.25, 0.3) is 0 Å². The van der Waals surface area contributed by atoms with Gasteiger partial charge in [-0.15, -0.1) is 0 Å². The van der Waals surface area contributed by atoms with Crippen LogP contribution < -0.4 is 4.74 Å². The molecule has 2 nitrogen and oxygen atoms in total. The molecule has 1 N–H and O–H groups in total. The van der Waals surface area contributed by atoms with Crippen molar-refractivity contribution in [2.24, 2.45) is 0 Å². The molecule has 2 rings (SSSR count). The first-order chi connectivity index (χ1) is 9.49. The Morgan fingerprint density at radius 1 is 1.10 bits per heavy atom. The average Bonchev–Trinajstić information content (AvgIpc) is 2.41. The number of rotatable bonds is 4. The van der Waals surface area contributed by atoms with Gasteiger partial charge in [0.1, 0.15) is 17.7 Å². The van der Waals surface area contributed by atoms with E-state index in [1.165, 1.54) is 36.4 Å². The van der Waals surface area contributed by atoms with Crippen molar-refractivity contribution in [3.63, 3.8) is 0 Å². The number of aliphatic hydroxyl groups excluding tert-OH is 1. The molecule has 0 saturated carbocycles. The van der Waals surface area contributed by atoms with Crippen LogP contribution in [0.2, 0.25) is 0 Å². The molecule has 0 aliphatic carbocycles. The van der Waals surface area contributed by atoms with Crippen LogP contribution in [0, 0.1) is 5.82 Å². The topological polar surface area (TPSA) is 29.5 Å². The molecule has 1 atom stereocenters. The lowest BCUT2D eigenvalue weighted by molar-refractivity contribution is -0.0512. The van der Waals surface area contributed by atoms with Gasteiger partial charge in [0.15, 0.2) is 0 Å². The monoisotopic (exact) mass is 346 g/mol. The maximum atomic E-state index is 13.2. The predicted molar refractivity (Wildman–Crippen MR) is 71.2 cm³/mol. The predicted octanol–water partition coefficient (Wildman–Crippen LogP) is 4.27. The summed E-state index contributed by atoms with van der Waals surface area (Å²) < 4.78 is 42.4. The van der Waals surface area contributed by atoms with Crippen molar-refractivity contribution in [1.82, 2.24) is 0 Å². The van der Waals surface area contributed by atoms with Gasteiger partial charge in [0.2, 0.25) is 0 Å². The first-order valence-electron chi connectivity index (χ1n) is 5.66. The zero-order chi connectivity index (χ0) is 14.7. The van der Waals surface area contributed by atoms with E-state index in [1.807, 2.05) is 0 Å². The molecular formula is C14H10BrF3O2. The first kappa shape index (κ1) is 14.9.